The molecular weight excluding hydrogens is 270 g/mol. The topological polar surface area (TPSA) is 66.8 Å². The van der Waals surface area contributed by atoms with Crippen LogP contribution in [-0.4, -0.2) is 40.6 Å². The molecule has 0 aromatic heterocycles. The predicted molar refractivity (Wildman–Crippen MR) is 80.4 cm³/mol. The van der Waals surface area contributed by atoms with Crippen LogP contribution in [0.5, 0.6) is 5.75 Å². The molecule has 1 amide bonds. The van der Waals surface area contributed by atoms with Gasteiger partial charge in [-0.15, -0.1) is 0 Å². The molecule has 116 valence electrons. The van der Waals surface area contributed by atoms with E-state index in [4.69, 9.17) is 4.74 Å². The number of rotatable bonds is 6. The van der Waals surface area contributed by atoms with Crippen LogP contribution in [0.4, 0.5) is 0 Å². The summed E-state index contributed by atoms with van der Waals surface area (Å²) in [4.78, 5) is 25.1. The van der Waals surface area contributed by atoms with E-state index in [0.29, 0.717) is 5.75 Å². The molecule has 1 atom stereocenters. The third kappa shape index (κ3) is 3.74. The van der Waals surface area contributed by atoms with Crippen molar-refractivity contribution in [3.05, 3.63) is 29.8 Å². The van der Waals surface area contributed by atoms with Gasteiger partial charge in [-0.05, 0) is 38.5 Å². The smallest absolute Gasteiger partial charge is 0.329 e. The molecule has 1 aromatic carbocycles. The van der Waals surface area contributed by atoms with E-state index in [1.807, 2.05) is 26.0 Å². The molecule has 0 aliphatic heterocycles. The second-order valence-corrected chi connectivity index (χ2v) is 5.59. The van der Waals surface area contributed by atoms with E-state index in [0.717, 1.165) is 5.56 Å². The summed E-state index contributed by atoms with van der Waals surface area (Å²) in [5.41, 5.74) is -0.443. The van der Waals surface area contributed by atoms with Crippen molar-refractivity contribution in [2.75, 3.05) is 7.11 Å². The van der Waals surface area contributed by atoms with Crippen molar-refractivity contribution in [1.29, 1.82) is 0 Å². The third-order valence-electron chi connectivity index (χ3n) is 3.56. The van der Waals surface area contributed by atoms with E-state index in [1.54, 1.807) is 26.2 Å². The molecule has 0 saturated carbocycles. The molecule has 0 bridgehead atoms. The van der Waals surface area contributed by atoms with Gasteiger partial charge in [0.15, 0.2) is 0 Å². The lowest BCUT2D eigenvalue weighted by molar-refractivity contribution is -0.159. The average molecular weight is 293 g/mol. The molecule has 0 fully saturated rings. The van der Waals surface area contributed by atoms with Crippen LogP contribution in [0.2, 0.25) is 0 Å². The van der Waals surface area contributed by atoms with E-state index in [9.17, 15) is 14.7 Å². The monoisotopic (exact) mass is 293 g/mol. The van der Waals surface area contributed by atoms with Crippen molar-refractivity contribution in [2.45, 2.75) is 45.7 Å². The van der Waals surface area contributed by atoms with Gasteiger partial charge in [-0.2, -0.15) is 0 Å². The van der Waals surface area contributed by atoms with Crippen LogP contribution >= 0.6 is 0 Å². The Kier molecular flexibility index (Phi) is 5.35. The Morgan fingerprint density at radius 3 is 2.14 bits per heavy atom. The van der Waals surface area contributed by atoms with Crippen LogP contribution in [0.1, 0.15) is 33.3 Å². The maximum atomic E-state index is 11.9. The normalized spacial score (nSPS) is 13.6. The number of ether oxygens (including phenoxy) is 1. The molecule has 0 heterocycles. The van der Waals surface area contributed by atoms with Gasteiger partial charge in [0, 0.05) is 19.4 Å². The summed E-state index contributed by atoms with van der Waals surface area (Å²) in [7, 11) is 1.58. The molecule has 21 heavy (non-hydrogen) atoms. The van der Waals surface area contributed by atoms with Crippen molar-refractivity contribution in [1.82, 2.24) is 4.90 Å². The number of nitrogens with zero attached hydrogens (tertiary/aromatic N) is 1. The number of amides is 1. The van der Waals surface area contributed by atoms with Crippen LogP contribution in [-0.2, 0) is 16.0 Å². The second-order valence-electron chi connectivity index (χ2n) is 5.59. The highest BCUT2D eigenvalue weighted by Gasteiger charge is 2.42. The third-order valence-corrected chi connectivity index (χ3v) is 3.56. The summed E-state index contributed by atoms with van der Waals surface area (Å²) >= 11 is 0. The minimum Gasteiger partial charge on any atom is -0.497 e. The summed E-state index contributed by atoms with van der Waals surface area (Å²) in [6.07, 6.45) is 0.240. The molecule has 0 saturated heterocycles. The van der Waals surface area contributed by atoms with Crippen LogP contribution in [0.3, 0.4) is 0 Å². The van der Waals surface area contributed by atoms with Gasteiger partial charge in [-0.25, -0.2) is 4.79 Å². The first kappa shape index (κ1) is 17.0. The van der Waals surface area contributed by atoms with Gasteiger partial charge in [0.2, 0.25) is 5.91 Å². The first-order valence-corrected chi connectivity index (χ1v) is 6.88. The highest BCUT2D eigenvalue weighted by Crippen LogP contribution is 2.25. The predicted octanol–water partition coefficient (Wildman–Crippen LogP) is 2.34. The molecule has 5 heteroatoms. The lowest BCUT2D eigenvalue weighted by Crippen LogP contribution is -2.58. The molecule has 0 radical (unpaired) electrons. The van der Waals surface area contributed by atoms with Gasteiger partial charge in [0.05, 0.1) is 7.11 Å². The quantitative estimate of drug-likeness (QED) is 0.874. The number of carbonyl (C=O) groups excluding carboxylic acids is 1. The number of aliphatic carboxylic acids is 1. The average Bonchev–Trinajstić information content (AvgIpc) is 2.38. The van der Waals surface area contributed by atoms with Crippen molar-refractivity contribution in [3.63, 3.8) is 0 Å². The van der Waals surface area contributed by atoms with Crippen LogP contribution in [0.25, 0.3) is 0 Å². The number of benzene rings is 1. The van der Waals surface area contributed by atoms with Gasteiger partial charge >= 0.3 is 5.97 Å². The van der Waals surface area contributed by atoms with Gasteiger partial charge in [-0.1, -0.05) is 12.1 Å². The fourth-order valence-corrected chi connectivity index (χ4v) is 2.69. The fraction of sp³-hybridized carbons (Fsp3) is 0.500. The summed E-state index contributed by atoms with van der Waals surface area (Å²) in [5, 5.41) is 9.64. The maximum absolute atomic E-state index is 11.9. The number of carbonyl (C=O) groups is 2. The fourth-order valence-electron chi connectivity index (χ4n) is 2.69. The highest BCUT2D eigenvalue weighted by atomic mass is 16.5. The maximum Gasteiger partial charge on any atom is 0.329 e. The Labute approximate surface area is 125 Å². The van der Waals surface area contributed by atoms with E-state index < -0.39 is 11.5 Å². The number of methoxy groups -OCH3 is 1. The van der Waals surface area contributed by atoms with E-state index in [-0.39, 0.29) is 18.4 Å². The van der Waals surface area contributed by atoms with Gasteiger partial charge in [0.25, 0.3) is 0 Å². The Hall–Kier alpha value is -2.04. The zero-order valence-corrected chi connectivity index (χ0v) is 13.2. The van der Waals surface area contributed by atoms with Crippen molar-refractivity contribution in [3.8, 4) is 5.75 Å². The van der Waals surface area contributed by atoms with E-state index in [1.165, 1.54) is 11.8 Å². The van der Waals surface area contributed by atoms with Crippen LogP contribution in [0.15, 0.2) is 24.3 Å². The second kappa shape index (κ2) is 6.61. The highest BCUT2D eigenvalue weighted by molar-refractivity contribution is 5.86. The molecule has 1 unspecified atom stereocenters. The molecule has 0 aliphatic rings. The zero-order valence-electron chi connectivity index (χ0n) is 13.2. The van der Waals surface area contributed by atoms with E-state index >= 15 is 0 Å². The molecule has 0 aliphatic carbocycles. The molecule has 1 N–H and O–H groups in total. The molecular formula is C16H23NO4. The van der Waals surface area contributed by atoms with Crippen LogP contribution in [0, 0.1) is 0 Å². The van der Waals surface area contributed by atoms with E-state index in [2.05, 4.69) is 0 Å². The number of carboxylic acid groups (broad SMARTS) is 1. The summed E-state index contributed by atoms with van der Waals surface area (Å²) in [5.74, 6) is -0.548. The molecule has 1 rings (SSSR count). The largest absolute Gasteiger partial charge is 0.497 e. The Balaban J connectivity index is 3.14. The first-order chi connectivity index (χ1) is 9.72. The van der Waals surface area contributed by atoms with Crippen molar-refractivity contribution >= 4 is 11.9 Å². The molecule has 1 aromatic rings. The van der Waals surface area contributed by atoms with Crippen LogP contribution < -0.4 is 4.74 Å². The summed E-state index contributed by atoms with van der Waals surface area (Å²) in [6.45, 7) is 6.61. The number of hydrogen-bond donors (Lipinski definition) is 1. The van der Waals surface area contributed by atoms with Gasteiger partial charge in [-0.3, -0.25) is 4.79 Å². The molecule has 5 nitrogen and oxygen atoms in total. The van der Waals surface area contributed by atoms with Crippen molar-refractivity contribution < 1.29 is 19.4 Å². The number of hydrogen-bond acceptors (Lipinski definition) is 3. The standard InChI is InChI=1S/C16H23NO4/c1-11(2)17(12(3)18)16(4,15(19)20)10-13-6-8-14(21-5)9-7-13/h6-9,11H,10H2,1-5H3,(H,19,20). The Morgan fingerprint density at radius 1 is 1.29 bits per heavy atom. The summed E-state index contributed by atoms with van der Waals surface area (Å²) < 4.78 is 5.09. The minimum atomic E-state index is -1.28. The molecule has 0 spiro atoms. The SMILES string of the molecule is COc1ccc(CC(C)(C(=O)O)N(C(C)=O)C(C)C)cc1. The minimum absolute atomic E-state index is 0.193. The summed E-state index contributed by atoms with van der Waals surface area (Å²) in [6, 6.07) is 7.01. The number of carboxylic acids is 1. The first-order valence-electron chi connectivity index (χ1n) is 6.88. The Morgan fingerprint density at radius 2 is 1.81 bits per heavy atom. The lowest BCUT2D eigenvalue weighted by atomic mass is 9.89. The van der Waals surface area contributed by atoms with Gasteiger partial charge < -0.3 is 14.7 Å². The van der Waals surface area contributed by atoms with Crippen molar-refractivity contribution in [2.24, 2.45) is 0 Å². The van der Waals surface area contributed by atoms with Gasteiger partial charge in [0.1, 0.15) is 11.3 Å². The zero-order chi connectivity index (χ0) is 16.2. The Bertz CT molecular complexity index is 510. The lowest BCUT2D eigenvalue weighted by Gasteiger charge is -2.40.